The zero-order chi connectivity index (χ0) is 14.8. The lowest BCUT2D eigenvalue weighted by molar-refractivity contribution is -0.145. The highest BCUT2D eigenvalue weighted by molar-refractivity contribution is 5.85. The van der Waals surface area contributed by atoms with E-state index in [0.717, 1.165) is 6.54 Å². The molecule has 1 aliphatic heterocycles. The summed E-state index contributed by atoms with van der Waals surface area (Å²) >= 11 is 0. The van der Waals surface area contributed by atoms with Crippen LogP contribution in [0.5, 0.6) is 0 Å². The summed E-state index contributed by atoms with van der Waals surface area (Å²) < 4.78 is 18.7. The molecule has 1 fully saturated rings. The Kier molecular flexibility index (Phi) is 4.28. The van der Waals surface area contributed by atoms with Gasteiger partial charge < -0.3 is 10.1 Å². The van der Waals surface area contributed by atoms with Gasteiger partial charge in [0.2, 0.25) is 0 Å². The van der Waals surface area contributed by atoms with Crippen LogP contribution in [-0.2, 0) is 9.53 Å². The molecule has 1 saturated heterocycles. The Morgan fingerprint density at radius 3 is 2.70 bits per heavy atom. The largest absolute Gasteiger partial charge is 0.467 e. The molecule has 0 amide bonds. The van der Waals surface area contributed by atoms with Gasteiger partial charge >= 0.3 is 5.97 Å². The number of carbonyl (C=O) groups is 1. The lowest BCUT2D eigenvalue weighted by Crippen LogP contribution is -2.50. The van der Waals surface area contributed by atoms with Crippen LogP contribution in [-0.4, -0.2) is 42.6 Å². The lowest BCUT2D eigenvalue weighted by Gasteiger charge is -2.30. The number of esters is 1. The fourth-order valence-electron chi connectivity index (χ4n) is 2.62. The summed E-state index contributed by atoms with van der Waals surface area (Å²) in [5.74, 6) is -0.706. The second kappa shape index (κ2) is 5.79. The molecular weight excluding hydrogens is 259 g/mol. The van der Waals surface area contributed by atoms with E-state index >= 15 is 0 Å². The van der Waals surface area contributed by atoms with Gasteiger partial charge in [0.25, 0.3) is 0 Å². The van der Waals surface area contributed by atoms with Crippen molar-refractivity contribution in [3.05, 3.63) is 30.1 Å². The van der Waals surface area contributed by atoms with E-state index in [0.29, 0.717) is 24.7 Å². The van der Waals surface area contributed by atoms with Crippen molar-refractivity contribution in [1.29, 1.82) is 0 Å². The van der Waals surface area contributed by atoms with Crippen LogP contribution in [0, 0.1) is 5.82 Å². The van der Waals surface area contributed by atoms with Crippen LogP contribution in [0.2, 0.25) is 0 Å². The number of methoxy groups -OCH3 is 1. The van der Waals surface area contributed by atoms with Crippen LogP contribution < -0.4 is 5.32 Å². The second-order valence-electron chi connectivity index (χ2n) is 5.49. The van der Waals surface area contributed by atoms with E-state index < -0.39 is 5.54 Å². The molecule has 0 aliphatic carbocycles. The van der Waals surface area contributed by atoms with Gasteiger partial charge in [-0.25, -0.2) is 9.18 Å². The quantitative estimate of drug-likeness (QED) is 0.859. The molecule has 1 N–H and O–H groups in total. The maximum atomic E-state index is 13.8. The Morgan fingerprint density at radius 2 is 2.15 bits per heavy atom. The van der Waals surface area contributed by atoms with Crippen molar-refractivity contribution in [3.8, 4) is 0 Å². The summed E-state index contributed by atoms with van der Waals surface area (Å²) in [7, 11) is 1.37. The van der Waals surface area contributed by atoms with Gasteiger partial charge in [-0.15, -0.1) is 0 Å². The smallest absolute Gasteiger partial charge is 0.332 e. The summed E-state index contributed by atoms with van der Waals surface area (Å²) in [5.41, 5.74) is -0.537. The Morgan fingerprint density at radius 1 is 1.45 bits per heavy atom. The highest BCUT2D eigenvalue weighted by Crippen LogP contribution is 2.29. The number of rotatable bonds is 4. The molecule has 1 unspecified atom stereocenters. The fraction of sp³-hybridized carbons (Fsp3) is 0.533. The van der Waals surface area contributed by atoms with Gasteiger partial charge in [-0.05, 0) is 32.4 Å². The normalized spacial score (nSPS) is 23.1. The predicted octanol–water partition coefficient (Wildman–Crippen LogP) is 2.26. The standard InChI is InChI=1S/C15H21FN2O2/c1-11(2)18-9-8-15(10-18,14(19)20-3)17-13-7-5-4-6-12(13)16/h4-7,11,17H,8-10H2,1-3H3. The molecule has 0 spiro atoms. The molecule has 1 heterocycles. The fourth-order valence-corrected chi connectivity index (χ4v) is 2.62. The Balaban J connectivity index is 2.26. The minimum Gasteiger partial charge on any atom is -0.467 e. The zero-order valence-electron chi connectivity index (χ0n) is 12.1. The van der Waals surface area contributed by atoms with Crippen molar-refractivity contribution < 1.29 is 13.9 Å². The first kappa shape index (κ1) is 14.8. The summed E-state index contributed by atoms with van der Waals surface area (Å²) in [5, 5.41) is 3.07. The van der Waals surface area contributed by atoms with E-state index in [1.54, 1.807) is 18.2 Å². The van der Waals surface area contributed by atoms with Crippen LogP contribution in [0.3, 0.4) is 0 Å². The number of hydrogen-bond donors (Lipinski definition) is 1. The highest BCUT2D eigenvalue weighted by Gasteiger charge is 2.46. The summed E-state index contributed by atoms with van der Waals surface area (Å²) in [4.78, 5) is 14.4. The van der Waals surface area contributed by atoms with Crippen LogP contribution in [0.4, 0.5) is 10.1 Å². The maximum absolute atomic E-state index is 13.8. The average Bonchev–Trinajstić information content (AvgIpc) is 2.86. The van der Waals surface area contributed by atoms with E-state index in [4.69, 9.17) is 4.74 Å². The van der Waals surface area contributed by atoms with Crippen molar-refractivity contribution in [3.63, 3.8) is 0 Å². The van der Waals surface area contributed by atoms with Crippen LogP contribution in [0.15, 0.2) is 24.3 Å². The first-order chi connectivity index (χ1) is 9.48. The average molecular weight is 280 g/mol. The number of ether oxygens (including phenoxy) is 1. The Bertz CT molecular complexity index is 493. The first-order valence-corrected chi connectivity index (χ1v) is 6.84. The lowest BCUT2D eigenvalue weighted by atomic mass is 9.98. The first-order valence-electron chi connectivity index (χ1n) is 6.84. The number of anilines is 1. The van der Waals surface area contributed by atoms with Gasteiger partial charge in [-0.2, -0.15) is 0 Å². The zero-order valence-corrected chi connectivity index (χ0v) is 12.1. The minimum absolute atomic E-state index is 0.337. The molecule has 0 radical (unpaired) electrons. The molecule has 1 aromatic rings. The number of para-hydroxylation sites is 1. The number of nitrogens with one attached hydrogen (secondary N) is 1. The Hall–Kier alpha value is -1.62. The molecule has 1 aliphatic rings. The third kappa shape index (κ3) is 2.77. The van der Waals surface area contributed by atoms with Crippen molar-refractivity contribution >= 4 is 11.7 Å². The van der Waals surface area contributed by atoms with Crippen LogP contribution >= 0.6 is 0 Å². The third-order valence-electron chi connectivity index (χ3n) is 3.85. The molecule has 5 heteroatoms. The molecule has 20 heavy (non-hydrogen) atoms. The molecule has 1 atom stereocenters. The Labute approximate surface area is 118 Å². The number of halogens is 1. The summed E-state index contributed by atoms with van der Waals surface area (Å²) in [6.45, 7) is 5.47. The van der Waals surface area contributed by atoms with Crippen molar-refractivity contribution in [2.24, 2.45) is 0 Å². The number of likely N-dealkylation sites (tertiary alicyclic amines) is 1. The SMILES string of the molecule is COC(=O)C1(Nc2ccccc2F)CCN(C(C)C)C1. The highest BCUT2D eigenvalue weighted by atomic mass is 19.1. The molecule has 0 aromatic heterocycles. The second-order valence-corrected chi connectivity index (χ2v) is 5.49. The summed E-state index contributed by atoms with van der Waals surface area (Å²) in [6, 6.07) is 6.72. The number of benzene rings is 1. The van der Waals surface area contributed by atoms with Gasteiger partial charge in [-0.1, -0.05) is 12.1 Å². The van der Waals surface area contributed by atoms with Crippen molar-refractivity contribution in [2.75, 3.05) is 25.5 Å². The summed E-state index contributed by atoms with van der Waals surface area (Å²) in [6.07, 6.45) is 0.603. The molecule has 110 valence electrons. The molecule has 0 saturated carbocycles. The van der Waals surface area contributed by atoms with Gasteiger partial charge in [0, 0.05) is 19.1 Å². The van der Waals surface area contributed by atoms with E-state index in [9.17, 15) is 9.18 Å². The van der Waals surface area contributed by atoms with Gasteiger partial charge in [0.1, 0.15) is 11.4 Å². The molecule has 4 nitrogen and oxygen atoms in total. The molecular formula is C15H21FN2O2. The van der Waals surface area contributed by atoms with Crippen molar-refractivity contribution in [1.82, 2.24) is 4.90 Å². The van der Waals surface area contributed by atoms with Crippen molar-refractivity contribution in [2.45, 2.75) is 31.8 Å². The number of carbonyl (C=O) groups excluding carboxylic acids is 1. The van der Waals surface area contributed by atoms with Crippen LogP contribution in [0.25, 0.3) is 0 Å². The van der Waals surface area contributed by atoms with Gasteiger partial charge in [0.05, 0.1) is 12.8 Å². The third-order valence-corrected chi connectivity index (χ3v) is 3.85. The number of hydrogen-bond acceptors (Lipinski definition) is 4. The monoisotopic (exact) mass is 280 g/mol. The number of nitrogens with zero attached hydrogens (tertiary/aromatic N) is 1. The van der Waals surface area contributed by atoms with E-state index in [2.05, 4.69) is 24.1 Å². The minimum atomic E-state index is -0.874. The van der Waals surface area contributed by atoms with E-state index in [-0.39, 0.29) is 11.8 Å². The van der Waals surface area contributed by atoms with E-state index in [1.807, 2.05) is 0 Å². The van der Waals surface area contributed by atoms with E-state index in [1.165, 1.54) is 13.2 Å². The van der Waals surface area contributed by atoms with Gasteiger partial charge in [-0.3, -0.25) is 4.90 Å². The topological polar surface area (TPSA) is 41.6 Å². The van der Waals surface area contributed by atoms with Crippen LogP contribution in [0.1, 0.15) is 20.3 Å². The molecule has 0 bridgehead atoms. The predicted molar refractivity (Wildman–Crippen MR) is 76.1 cm³/mol. The maximum Gasteiger partial charge on any atom is 0.332 e. The van der Waals surface area contributed by atoms with Gasteiger partial charge in [0.15, 0.2) is 0 Å². The molecule has 2 rings (SSSR count). The molecule has 1 aromatic carbocycles.